The number of aliphatic hydroxyl groups is 1. The second kappa shape index (κ2) is 3.51. The van der Waals surface area contributed by atoms with Crippen LogP contribution in [0.25, 0.3) is 0 Å². The molecular formula is C15H16O3. The molecule has 4 unspecified atom stereocenters. The van der Waals surface area contributed by atoms with E-state index in [-0.39, 0.29) is 6.10 Å². The van der Waals surface area contributed by atoms with E-state index in [0.717, 1.165) is 24.3 Å². The van der Waals surface area contributed by atoms with Crippen molar-refractivity contribution in [3.8, 4) is 11.5 Å². The fraction of sp³-hybridized carbons (Fsp3) is 0.467. The molecule has 18 heavy (non-hydrogen) atoms. The first-order valence-electron chi connectivity index (χ1n) is 6.52. The van der Waals surface area contributed by atoms with Crippen molar-refractivity contribution in [2.75, 3.05) is 7.11 Å². The summed E-state index contributed by atoms with van der Waals surface area (Å²) >= 11 is 0. The fourth-order valence-corrected chi connectivity index (χ4v) is 3.68. The Bertz CT molecular complexity index is 535. The molecule has 0 saturated heterocycles. The summed E-state index contributed by atoms with van der Waals surface area (Å²) in [5.41, 5.74) is 2.64. The number of allylic oxidation sites excluding steroid dienone is 1. The number of methoxy groups -OCH3 is 1. The first-order chi connectivity index (χ1) is 8.79. The molecule has 94 valence electrons. The van der Waals surface area contributed by atoms with E-state index in [1.54, 1.807) is 7.11 Å². The molecule has 0 saturated carbocycles. The Hall–Kier alpha value is -1.48. The summed E-state index contributed by atoms with van der Waals surface area (Å²) in [5, 5.41) is 10.1. The lowest BCUT2D eigenvalue weighted by Crippen LogP contribution is -2.39. The number of ether oxygens (including phenoxy) is 2. The van der Waals surface area contributed by atoms with E-state index in [9.17, 15) is 5.11 Å². The predicted octanol–water partition coefficient (Wildman–Crippen LogP) is 2.03. The third-order valence-electron chi connectivity index (χ3n) is 4.51. The standard InChI is InChI=1S/C15H16O3/c1-17-11-7-5-9-3-2-8-4-6-10(16)14-12(8)13(9)15(11)18-14/h4-8,10,12,14,16H,2-3H2,1H3. The van der Waals surface area contributed by atoms with Crippen molar-refractivity contribution in [1.29, 1.82) is 0 Å². The Morgan fingerprint density at radius 3 is 3.06 bits per heavy atom. The summed E-state index contributed by atoms with van der Waals surface area (Å²) in [6, 6.07) is 4.12. The quantitative estimate of drug-likeness (QED) is 0.768. The molecule has 0 bridgehead atoms. The maximum atomic E-state index is 10.1. The molecule has 4 atom stereocenters. The van der Waals surface area contributed by atoms with Gasteiger partial charge in [-0.05, 0) is 30.4 Å². The largest absolute Gasteiger partial charge is 0.493 e. The molecule has 1 N–H and O–H groups in total. The summed E-state index contributed by atoms with van der Waals surface area (Å²) in [4.78, 5) is 0. The van der Waals surface area contributed by atoms with Crippen LogP contribution in [0.5, 0.6) is 11.5 Å². The summed E-state index contributed by atoms with van der Waals surface area (Å²) < 4.78 is 11.4. The average Bonchev–Trinajstić information content (AvgIpc) is 2.81. The topological polar surface area (TPSA) is 38.7 Å². The fourth-order valence-electron chi connectivity index (χ4n) is 3.68. The van der Waals surface area contributed by atoms with Gasteiger partial charge in [-0.3, -0.25) is 0 Å². The lowest BCUT2D eigenvalue weighted by Gasteiger charge is -2.35. The number of aryl methyl sites for hydroxylation is 1. The predicted molar refractivity (Wildman–Crippen MR) is 67.1 cm³/mol. The molecule has 1 aromatic carbocycles. The summed E-state index contributed by atoms with van der Waals surface area (Å²) in [6.45, 7) is 0. The van der Waals surface area contributed by atoms with Crippen molar-refractivity contribution < 1.29 is 14.6 Å². The molecule has 0 amide bonds. The van der Waals surface area contributed by atoms with Crippen molar-refractivity contribution in [1.82, 2.24) is 0 Å². The zero-order valence-electron chi connectivity index (χ0n) is 10.3. The Morgan fingerprint density at radius 2 is 2.22 bits per heavy atom. The lowest BCUT2D eigenvalue weighted by atomic mass is 9.70. The minimum Gasteiger partial charge on any atom is -0.493 e. The second-order valence-corrected chi connectivity index (χ2v) is 5.36. The smallest absolute Gasteiger partial charge is 0.165 e. The SMILES string of the molecule is COc1ccc2c3c1OC1C(O)C=CC(CC2)C31. The lowest BCUT2D eigenvalue weighted by molar-refractivity contribution is 0.0468. The van der Waals surface area contributed by atoms with Gasteiger partial charge in [-0.1, -0.05) is 18.2 Å². The first kappa shape index (κ1) is 10.4. The molecule has 0 aromatic heterocycles. The number of hydrogen-bond acceptors (Lipinski definition) is 3. The van der Waals surface area contributed by atoms with Gasteiger partial charge in [-0.25, -0.2) is 0 Å². The minimum atomic E-state index is -0.505. The third kappa shape index (κ3) is 1.18. The zero-order valence-corrected chi connectivity index (χ0v) is 10.3. The van der Waals surface area contributed by atoms with Gasteiger partial charge >= 0.3 is 0 Å². The van der Waals surface area contributed by atoms with Gasteiger partial charge in [0.05, 0.1) is 7.11 Å². The van der Waals surface area contributed by atoms with Crippen LogP contribution in [0.15, 0.2) is 24.3 Å². The highest BCUT2D eigenvalue weighted by Crippen LogP contribution is 2.55. The highest BCUT2D eigenvalue weighted by molar-refractivity contribution is 5.58. The van der Waals surface area contributed by atoms with Crippen LogP contribution >= 0.6 is 0 Å². The van der Waals surface area contributed by atoms with Crippen molar-refractivity contribution in [2.45, 2.75) is 31.0 Å². The Morgan fingerprint density at radius 1 is 1.33 bits per heavy atom. The highest BCUT2D eigenvalue weighted by Gasteiger charge is 2.48. The van der Waals surface area contributed by atoms with Crippen LogP contribution in [0.1, 0.15) is 23.5 Å². The van der Waals surface area contributed by atoms with Gasteiger partial charge in [0.15, 0.2) is 11.5 Å². The van der Waals surface area contributed by atoms with E-state index in [0.29, 0.717) is 11.8 Å². The molecular weight excluding hydrogens is 228 g/mol. The van der Waals surface area contributed by atoms with E-state index >= 15 is 0 Å². The molecule has 0 fully saturated rings. The monoisotopic (exact) mass is 244 g/mol. The van der Waals surface area contributed by atoms with Crippen molar-refractivity contribution >= 4 is 0 Å². The molecule has 0 radical (unpaired) electrons. The van der Waals surface area contributed by atoms with Crippen LogP contribution < -0.4 is 9.47 Å². The normalized spacial score (nSPS) is 35.0. The van der Waals surface area contributed by atoms with Crippen LogP contribution in [-0.4, -0.2) is 24.4 Å². The Balaban J connectivity index is 1.93. The molecule has 1 heterocycles. The minimum absolute atomic E-state index is 0.134. The number of benzene rings is 1. The zero-order chi connectivity index (χ0) is 12.3. The molecule has 1 aromatic rings. The van der Waals surface area contributed by atoms with Crippen molar-refractivity contribution in [3.05, 3.63) is 35.4 Å². The average molecular weight is 244 g/mol. The van der Waals surface area contributed by atoms with Crippen molar-refractivity contribution in [3.63, 3.8) is 0 Å². The van der Waals surface area contributed by atoms with Gasteiger partial charge in [-0.15, -0.1) is 0 Å². The molecule has 3 nitrogen and oxygen atoms in total. The Labute approximate surface area is 106 Å². The van der Waals surface area contributed by atoms with Crippen LogP contribution in [0.3, 0.4) is 0 Å². The summed E-state index contributed by atoms with van der Waals surface area (Å²) in [7, 11) is 1.67. The van der Waals surface area contributed by atoms with Crippen molar-refractivity contribution in [2.24, 2.45) is 5.92 Å². The summed E-state index contributed by atoms with van der Waals surface area (Å²) in [5.74, 6) is 2.45. The van der Waals surface area contributed by atoms with Gasteiger partial charge in [0, 0.05) is 11.5 Å². The van der Waals surface area contributed by atoms with Crippen LogP contribution in [-0.2, 0) is 6.42 Å². The Kier molecular flexibility index (Phi) is 2.04. The molecule has 0 spiro atoms. The van der Waals surface area contributed by atoms with E-state index in [1.807, 2.05) is 12.1 Å². The number of hydrogen-bond donors (Lipinski definition) is 1. The van der Waals surface area contributed by atoms with Crippen LogP contribution in [0, 0.1) is 5.92 Å². The van der Waals surface area contributed by atoms with Gasteiger partial charge in [0.2, 0.25) is 0 Å². The number of rotatable bonds is 1. The summed E-state index contributed by atoms with van der Waals surface area (Å²) in [6.07, 6.45) is 5.64. The van der Waals surface area contributed by atoms with E-state index in [4.69, 9.17) is 9.47 Å². The van der Waals surface area contributed by atoms with Gasteiger partial charge in [0.1, 0.15) is 12.2 Å². The van der Waals surface area contributed by atoms with Gasteiger partial charge < -0.3 is 14.6 Å². The van der Waals surface area contributed by atoms with E-state index in [1.165, 1.54) is 11.1 Å². The molecule has 3 heteroatoms. The third-order valence-corrected chi connectivity index (χ3v) is 4.51. The van der Waals surface area contributed by atoms with E-state index < -0.39 is 6.10 Å². The maximum absolute atomic E-state index is 10.1. The number of aliphatic hydroxyl groups excluding tert-OH is 1. The highest BCUT2D eigenvalue weighted by atomic mass is 16.5. The van der Waals surface area contributed by atoms with Gasteiger partial charge in [-0.2, -0.15) is 0 Å². The molecule has 3 aliphatic rings. The molecule has 4 rings (SSSR count). The second-order valence-electron chi connectivity index (χ2n) is 5.36. The van der Waals surface area contributed by atoms with Crippen LogP contribution in [0.2, 0.25) is 0 Å². The maximum Gasteiger partial charge on any atom is 0.165 e. The van der Waals surface area contributed by atoms with E-state index in [2.05, 4.69) is 12.1 Å². The van der Waals surface area contributed by atoms with Gasteiger partial charge in [0.25, 0.3) is 0 Å². The first-order valence-corrected chi connectivity index (χ1v) is 6.52. The van der Waals surface area contributed by atoms with Crippen LogP contribution in [0.4, 0.5) is 0 Å². The molecule has 1 aliphatic heterocycles. The molecule has 2 aliphatic carbocycles.